The highest BCUT2D eigenvalue weighted by Gasteiger charge is 2.23. The van der Waals surface area contributed by atoms with Gasteiger partial charge in [0.2, 0.25) is 0 Å². The van der Waals surface area contributed by atoms with Gasteiger partial charge in [0.15, 0.2) is 0 Å². The van der Waals surface area contributed by atoms with Crippen molar-refractivity contribution in [1.29, 1.82) is 0 Å². The molecule has 1 aliphatic rings. The molecule has 5 N–H and O–H groups in total. The molecule has 1 atom stereocenters. The smallest absolute Gasteiger partial charge is 0.0410 e. The fourth-order valence-corrected chi connectivity index (χ4v) is 2.47. The molecule has 0 spiro atoms. The summed E-state index contributed by atoms with van der Waals surface area (Å²) in [6.07, 6.45) is 2.21. The first kappa shape index (κ1) is 14.6. The van der Waals surface area contributed by atoms with E-state index >= 15 is 0 Å². The summed E-state index contributed by atoms with van der Waals surface area (Å²) in [5, 5.41) is 4.04. The summed E-state index contributed by atoms with van der Waals surface area (Å²) in [4.78, 5) is 0. The van der Waals surface area contributed by atoms with Crippen molar-refractivity contribution in [2.45, 2.75) is 18.9 Å². The highest BCUT2D eigenvalue weighted by Crippen LogP contribution is 2.31. The van der Waals surface area contributed by atoms with E-state index in [0.29, 0.717) is 10.9 Å². The van der Waals surface area contributed by atoms with Gasteiger partial charge in [0.05, 0.1) is 0 Å². The Morgan fingerprint density at radius 1 is 1.29 bits per heavy atom. The Morgan fingerprint density at radius 2 is 1.94 bits per heavy atom. The van der Waals surface area contributed by atoms with Crippen molar-refractivity contribution in [3.63, 3.8) is 0 Å². The molecule has 1 fully saturated rings. The largest absolute Gasteiger partial charge is 0.398 e. The fourth-order valence-electron chi connectivity index (χ4n) is 2.29. The number of nitrogens with two attached hydrogens (primary N) is 2. The van der Waals surface area contributed by atoms with Crippen molar-refractivity contribution in [2.75, 3.05) is 18.8 Å². The van der Waals surface area contributed by atoms with E-state index in [-0.39, 0.29) is 18.4 Å². The van der Waals surface area contributed by atoms with Gasteiger partial charge in [-0.3, -0.25) is 0 Å². The average molecular weight is 276 g/mol. The molecule has 0 bridgehead atoms. The van der Waals surface area contributed by atoms with Crippen molar-refractivity contribution in [3.8, 4) is 0 Å². The average Bonchev–Trinajstić information content (AvgIpc) is 2.32. The quantitative estimate of drug-likeness (QED) is 0.726. The standard InChI is InChI=1S/C12H18ClN3.ClH/c13-9-1-2-11(14)10(7-9)12(15)8-3-5-16-6-4-8;/h1-2,7-8,12,16H,3-6,14-15H2;1H/t12-;/m1./s1. The van der Waals surface area contributed by atoms with Gasteiger partial charge in [0.25, 0.3) is 0 Å². The van der Waals surface area contributed by atoms with Crippen LogP contribution in [0.4, 0.5) is 5.69 Å². The SMILES string of the molecule is Cl.Nc1ccc(Cl)cc1[C@H](N)C1CCNCC1. The Kier molecular flexibility index (Phi) is 5.53. The fraction of sp³-hybridized carbons (Fsp3) is 0.500. The van der Waals surface area contributed by atoms with Gasteiger partial charge >= 0.3 is 0 Å². The zero-order valence-corrected chi connectivity index (χ0v) is 11.2. The second kappa shape index (κ2) is 6.45. The van der Waals surface area contributed by atoms with Gasteiger partial charge < -0.3 is 16.8 Å². The van der Waals surface area contributed by atoms with Crippen LogP contribution >= 0.6 is 24.0 Å². The Labute approximate surface area is 113 Å². The molecule has 3 nitrogen and oxygen atoms in total. The number of hydrogen-bond acceptors (Lipinski definition) is 3. The third kappa shape index (κ3) is 3.49. The number of rotatable bonds is 2. The van der Waals surface area contributed by atoms with Crippen LogP contribution in [0.25, 0.3) is 0 Å². The van der Waals surface area contributed by atoms with Crippen molar-refractivity contribution >= 4 is 29.7 Å². The Hall–Kier alpha value is -0.480. The molecular formula is C12H19Cl2N3. The zero-order chi connectivity index (χ0) is 11.5. The molecule has 1 aromatic rings. The van der Waals surface area contributed by atoms with Crippen molar-refractivity contribution in [3.05, 3.63) is 28.8 Å². The van der Waals surface area contributed by atoms with Crippen LogP contribution in [-0.4, -0.2) is 13.1 Å². The number of anilines is 1. The minimum atomic E-state index is 0. The predicted octanol–water partition coefficient (Wildman–Crippen LogP) is 2.34. The molecule has 5 heteroatoms. The van der Waals surface area contributed by atoms with Gasteiger partial charge in [0, 0.05) is 16.8 Å². The first-order chi connectivity index (χ1) is 7.68. The lowest BCUT2D eigenvalue weighted by Gasteiger charge is -2.29. The van der Waals surface area contributed by atoms with E-state index in [2.05, 4.69) is 5.32 Å². The normalized spacial score (nSPS) is 18.5. The summed E-state index contributed by atoms with van der Waals surface area (Å²) in [6, 6.07) is 5.53. The van der Waals surface area contributed by atoms with Crippen LogP contribution < -0.4 is 16.8 Å². The van der Waals surface area contributed by atoms with E-state index in [0.717, 1.165) is 37.2 Å². The molecule has 2 rings (SSSR count). The molecule has 0 unspecified atom stereocenters. The van der Waals surface area contributed by atoms with E-state index in [9.17, 15) is 0 Å². The molecule has 1 aliphatic heterocycles. The molecule has 0 aromatic heterocycles. The van der Waals surface area contributed by atoms with E-state index in [1.165, 1.54) is 0 Å². The first-order valence-corrected chi connectivity index (χ1v) is 6.07. The first-order valence-electron chi connectivity index (χ1n) is 5.69. The van der Waals surface area contributed by atoms with Crippen LogP contribution in [0.1, 0.15) is 24.4 Å². The van der Waals surface area contributed by atoms with Crippen LogP contribution in [0.3, 0.4) is 0 Å². The summed E-state index contributed by atoms with van der Waals surface area (Å²) >= 11 is 5.98. The maximum Gasteiger partial charge on any atom is 0.0410 e. The summed E-state index contributed by atoms with van der Waals surface area (Å²) < 4.78 is 0. The van der Waals surface area contributed by atoms with Crippen LogP contribution in [0, 0.1) is 5.92 Å². The lowest BCUT2D eigenvalue weighted by atomic mass is 9.86. The van der Waals surface area contributed by atoms with Gasteiger partial charge in [-0.15, -0.1) is 12.4 Å². The van der Waals surface area contributed by atoms with Crippen molar-refractivity contribution < 1.29 is 0 Å². The molecule has 1 heterocycles. The van der Waals surface area contributed by atoms with Gasteiger partial charge in [0.1, 0.15) is 0 Å². The summed E-state index contributed by atoms with van der Waals surface area (Å²) in [7, 11) is 0. The maximum absolute atomic E-state index is 6.27. The lowest BCUT2D eigenvalue weighted by Crippen LogP contribution is -2.34. The molecule has 0 saturated carbocycles. The van der Waals surface area contributed by atoms with Crippen LogP contribution in [0.15, 0.2) is 18.2 Å². The van der Waals surface area contributed by atoms with Crippen LogP contribution in [0.2, 0.25) is 5.02 Å². The van der Waals surface area contributed by atoms with E-state index < -0.39 is 0 Å². The Balaban J connectivity index is 0.00000144. The topological polar surface area (TPSA) is 64.1 Å². The zero-order valence-electron chi connectivity index (χ0n) is 9.66. The molecule has 0 radical (unpaired) electrons. The molecule has 1 aromatic carbocycles. The maximum atomic E-state index is 6.27. The van der Waals surface area contributed by atoms with Gasteiger partial charge in [-0.05, 0) is 55.6 Å². The second-order valence-corrected chi connectivity index (χ2v) is 4.82. The number of benzene rings is 1. The molecular weight excluding hydrogens is 257 g/mol. The molecule has 17 heavy (non-hydrogen) atoms. The second-order valence-electron chi connectivity index (χ2n) is 4.39. The van der Waals surface area contributed by atoms with Crippen LogP contribution in [-0.2, 0) is 0 Å². The minimum Gasteiger partial charge on any atom is -0.398 e. The van der Waals surface area contributed by atoms with E-state index in [1.807, 2.05) is 12.1 Å². The Morgan fingerprint density at radius 3 is 2.59 bits per heavy atom. The number of nitrogen functional groups attached to an aromatic ring is 1. The lowest BCUT2D eigenvalue weighted by molar-refractivity contribution is 0.322. The molecule has 96 valence electrons. The van der Waals surface area contributed by atoms with Crippen LogP contribution in [0.5, 0.6) is 0 Å². The minimum absolute atomic E-state index is 0. The van der Waals surface area contributed by atoms with Crippen molar-refractivity contribution in [1.82, 2.24) is 5.32 Å². The highest BCUT2D eigenvalue weighted by molar-refractivity contribution is 6.30. The van der Waals surface area contributed by atoms with E-state index in [1.54, 1.807) is 6.07 Å². The van der Waals surface area contributed by atoms with Gasteiger partial charge in [-0.25, -0.2) is 0 Å². The molecule has 1 saturated heterocycles. The number of piperidine rings is 1. The summed E-state index contributed by atoms with van der Waals surface area (Å²) in [5.74, 6) is 0.502. The summed E-state index contributed by atoms with van der Waals surface area (Å²) in [5.41, 5.74) is 13.9. The molecule has 0 amide bonds. The number of hydrogen-bond donors (Lipinski definition) is 3. The third-order valence-electron chi connectivity index (χ3n) is 3.30. The number of nitrogens with one attached hydrogen (secondary N) is 1. The van der Waals surface area contributed by atoms with Gasteiger partial charge in [-0.2, -0.15) is 0 Å². The van der Waals surface area contributed by atoms with Gasteiger partial charge in [-0.1, -0.05) is 11.6 Å². The Bertz CT molecular complexity index is 365. The summed E-state index contributed by atoms with van der Waals surface area (Å²) in [6.45, 7) is 2.08. The third-order valence-corrected chi connectivity index (χ3v) is 3.53. The molecule has 0 aliphatic carbocycles. The van der Waals surface area contributed by atoms with E-state index in [4.69, 9.17) is 23.1 Å². The number of halogens is 2. The highest BCUT2D eigenvalue weighted by atomic mass is 35.5. The monoisotopic (exact) mass is 275 g/mol. The predicted molar refractivity (Wildman–Crippen MR) is 75.6 cm³/mol. The van der Waals surface area contributed by atoms with Crippen molar-refractivity contribution in [2.24, 2.45) is 11.7 Å².